The molecule has 0 bridgehead atoms. The van der Waals surface area contributed by atoms with Crippen LogP contribution in [0.5, 0.6) is 0 Å². The molecule has 1 atom stereocenters. The molecule has 0 aliphatic carbocycles. The average molecular weight is 323 g/mol. The molecule has 4 rings (SSSR count). The number of hydrogen-bond acceptors (Lipinski definition) is 5. The molecule has 0 aromatic heterocycles. The molecule has 0 amide bonds. The minimum atomic E-state index is 0.188. The first kappa shape index (κ1) is 16.3. The van der Waals surface area contributed by atoms with Gasteiger partial charge in [-0.05, 0) is 45.2 Å². The Labute approximate surface area is 140 Å². The smallest absolute Gasteiger partial charge is 0.0723 e. The average Bonchev–Trinajstić information content (AvgIpc) is 3.26. The van der Waals surface area contributed by atoms with Gasteiger partial charge in [-0.3, -0.25) is 4.90 Å². The zero-order valence-electron chi connectivity index (χ0n) is 14.5. The second-order valence-electron chi connectivity index (χ2n) is 7.89. The molecule has 132 valence electrons. The van der Waals surface area contributed by atoms with E-state index in [1.807, 2.05) is 0 Å². The third-order valence-corrected chi connectivity index (χ3v) is 6.45. The van der Waals surface area contributed by atoms with Gasteiger partial charge in [0.05, 0.1) is 25.4 Å². The zero-order chi connectivity index (χ0) is 15.5. The standard InChI is InChI=1S/C18H33N3O2/c1-2-6-19(5-1)9-10-20-7-3-18(4-8-20)15-17(16-23-18)21-11-13-22-14-12-21/h17H,1-16H2. The highest BCUT2D eigenvalue weighted by Gasteiger charge is 2.44. The quantitative estimate of drug-likeness (QED) is 0.771. The Balaban J connectivity index is 1.21. The van der Waals surface area contributed by atoms with Gasteiger partial charge in [0.15, 0.2) is 0 Å². The van der Waals surface area contributed by atoms with Crippen molar-refractivity contribution < 1.29 is 9.47 Å². The van der Waals surface area contributed by atoms with Crippen LogP contribution in [-0.4, -0.2) is 98.5 Å². The monoisotopic (exact) mass is 323 g/mol. The number of ether oxygens (including phenoxy) is 2. The van der Waals surface area contributed by atoms with Crippen LogP contribution in [-0.2, 0) is 9.47 Å². The molecule has 4 saturated heterocycles. The Morgan fingerprint density at radius 2 is 1.48 bits per heavy atom. The van der Waals surface area contributed by atoms with E-state index in [9.17, 15) is 0 Å². The number of morpholine rings is 1. The minimum Gasteiger partial charge on any atom is -0.379 e. The highest BCUT2D eigenvalue weighted by Crippen LogP contribution is 2.37. The molecule has 4 heterocycles. The molecule has 1 unspecified atom stereocenters. The lowest BCUT2D eigenvalue weighted by atomic mass is 9.87. The van der Waals surface area contributed by atoms with E-state index in [0.29, 0.717) is 6.04 Å². The summed E-state index contributed by atoms with van der Waals surface area (Å²) in [6.45, 7) is 12.5. The van der Waals surface area contributed by atoms with Crippen molar-refractivity contribution in [3.05, 3.63) is 0 Å². The molecule has 0 aromatic rings. The highest BCUT2D eigenvalue weighted by atomic mass is 16.5. The van der Waals surface area contributed by atoms with Gasteiger partial charge < -0.3 is 19.3 Å². The molecule has 1 spiro atoms. The number of hydrogen-bond donors (Lipinski definition) is 0. The summed E-state index contributed by atoms with van der Waals surface area (Å²) >= 11 is 0. The van der Waals surface area contributed by atoms with Crippen molar-refractivity contribution in [2.24, 2.45) is 0 Å². The summed E-state index contributed by atoms with van der Waals surface area (Å²) in [5.41, 5.74) is 0.188. The fraction of sp³-hybridized carbons (Fsp3) is 1.00. The van der Waals surface area contributed by atoms with Crippen molar-refractivity contribution in [1.29, 1.82) is 0 Å². The number of piperidine rings is 1. The van der Waals surface area contributed by atoms with Crippen LogP contribution in [0.15, 0.2) is 0 Å². The Morgan fingerprint density at radius 3 is 2.17 bits per heavy atom. The zero-order valence-corrected chi connectivity index (χ0v) is 14.5. The van der Waals surface area contributed by atoms with E-state index in [0.717, 1.165) is 32.9 Å². The van der Waals surface area contributed by atoms with E-state index in [-0.39, 0.29) is 5.60 Å². The third-order valence-electron chi connectivity index (χ3n) is 6.45. The van der Waals surface area contributed by atoms with Crippen molar-refractivity contribution in [3.8, 4) is 0 Å². The number of likely N-dealkylation sites (tertiary alicyclic amines) is 2. The first-order valence-corrected chi connectivity index (χ1v) is 9.74. The fourth-order valence-corrected chi connectivity index (χ4v) is 4.82. The van der Waals surface area contributed by atoms with E-state index in [4.69, 9.17) is 9.47 Å². The fourth-order valence-electron chi connectivity index (χ4n) is 4.82. The van der Waals surface area contributed by atoms with Gasteiger partial charge in [-0.25, -0.2) is 0 Å². The predicted octanol–water partition coefficient (Wildman–Crippen LogP) is 1.04. The molecular formula is C18H33N3O2. The first-order chi connectivity index (χ1) is 11.3. The van der Waals surface area contributed by atoms with E-state index in [1.54, 1.807) is 0 Å². The maximum atomic E-state index is 6.35. The Bertz CT molecular complexity index is 372. The van der Waals surface area contributed by atoms with Gasteiger partial charge in [-0.1, -0.05) is 0 Å². The largest absolute Gasteiger partial charge is 0.379 e. The molecule has 4 aliphatic heterocycles. The van der Waals surface area contributed by atoms with Crippen LogP contribution < -0.4 is 0 Å². The summed E-state index contributed by atoms with van der Waals surface area (Å²) < 4.78 is 11.8. The van der Waals surface area contributed by atoms with E-state index < -0.39 is 0 Å². The molecular weight excluding hydrogens is 290 g/mol. The molecule has 5 nitrogen and oxygen atoms in total. The van der Waals surface area contributed by atoms with Crippen LogP contribution in [0.25, 0.3) is 0 Å². The summed E-state index contributed by atoms with van der Waals surface area (Å²) in [6.07, 6.45) is 6.51. The molecule has 5 heteroatoms. The van der Waals surface area contributed by atoms with Crippen molar-refractivity contribution >= 4 is 0 Å². The molecule has 4 aliphatic rings. The Kier molecular flexibility index (Phi) is 5.21. The molecule has 0 N–H and O–H groups in total. The maximum Gasteiger partial charge on any atom is 0.0723 e. The Hall–Kier alpha value is -0.200. The number of nitrogens with zero attached hydrogens (tertiary/aromatic N) is 3. The van der Waals surface area contributed by atoms with Gasteiger partial charge in [-0.2, -0.15) is 0 Å². The normalized spacial score (nSPS) is 33.7. The van der Waals surface area contributed by atoms with Gasteiger partial charge in [0.2, 0.25) is 0 Å². The van der Waals surface area contributed by atoms with Crippen molar-refractivity contribution in [2.45, 2.75) is 43.7 Å². The third kappa shape index (κ3) is 3.90. The predicted molar refractivity (Wildman–Crippen MR) is 90.8 cm³/mol. The lowest BCUT2D eigenvalue weighted by Gasteiger charge is -2.39. The van der Waals surface area contributed by atoms with Gasteiger partial charge in [0.1, 0.15) is 0 Å². The van der Waals surface area contributed by atoms with Crippen LogP contribution in [0, 0.1) is 0 Å². The van der Waals surface area contributed by atoms with Crippen molar-refractivity contribution in [2.75, 3.05) is 72.2 Å². The van der Waals surface area contributed by atoms with Crippen LogP contribution in [0.3, 0.4) is 0 Å². The molecule has 0 saturated carbocycles. The van der Waals surface area contributed by atoms with Gasteiger partial charge >= 0.3 is 0 Å². The maximum absolute atomic E-state index is 6.35. The summed E-state index contributed by atoms with van der Waals surface area (Å²) in [5, 5.41) is 0. The van der Waals surface area contributed by atoms with Gasteiger partial charge in [-0.15, -0.1) is 0 Å². The lowest BCUT2D eigenvalue weighted by molar-refractivity contribution is -0.0452. The number of rotatable bonds is 4. The van der Waals surface area contributed by atoms with E-state index in [2.05, 4.69) is 14.7 Å². The van der Waals surface area contributed by atoms with Crippen molar-refractivity contribution in [1.82, 2.24) is 14.7 Å². The molecule has 0 radical (unpaired) electrons. The summed E-state index contributed by atoms with van der Waals surface area (Å²) in [5.74, 6) is 0. The van der Waals surface area contributed by atoms with E-state index >= 15 is 0 Å². The second-order valence-corrected chi connectivity index (χ2v) is 7.89. The topological polar surface area (TPSA) is 28.2 Å². The highest BCUT2D eigenvalue weighted by molar-refractivity contribution is 4.97. The summed E-state index contributed by atoms with van der Waals surface area (Å²) in [4.78, 5) is 7.89. The van der Waals surface area contributed by atoms with Crippen LogP contribution in [0.2, 0.25) is 0 Å². The van der Waals surface area contributed by atoms with Crippen LogP contribution in [0.4, 0.5) is 0 Å². The SMILES string of the molecule is C1CCN(CCN2CCC3(CC2)CC(N2CCOCC2)CO3)C1. The first-order valence-electron chi connectivity index (χ1n) is 9.74. The van der Waals surface area contributed by atoms with Crippen LogP contribution in [0.1, 0.15) is 32.1 Å². The lowest BCUT2D eigenvalue weighted by Crippen LogP contribution is -2.47. The summed E-state index contributed by atoms with van der Waals surface area (Å²) in [6, 6.07) is 0.634. The van der Waals surface area contributed by atoms with Crippen LogP contribution >= 0.6 is 0 Å². The Morgan fingerprint density at radius 1 is 0.826 bits per heavy atom. The minimum absolute atomic E-state index is 0.188. The second kappa shape index (κ2) is 7.36. The van der Waals surface area contributed by atoms with E-state index in [1.165, 1.54) is 71.4 Å². The van der Waals surface area contributed by atoms with Gasteiger partial charge in [0.25, 0.3) is 0 Å². The molecule has 23 heavy (non-hydrogen) atoms. The van der Waals surface area contributed by atoms with Crippen molar-refractivity contribution in [3.63, 3.8) is 0 Å². The van der Waals surface area contributed by atoms with Gasteiger partial charge in [0, 0.05) is 45.3 Å². The summed E-state index contributed by atoms with van der Waals surface area (Å²) in [7, 11) is 0. The molecule has 0 aromatic carbocycles. The molecule has 4 fully saturated rings.